The van der Waals surface area contributed by atoms with Crippen LogP contribution in [0.4, 0.5) is 11.4 Å². The predicted molar refractivity (Wildman–Crippen MR) is 83.2 cm³/mol. The fourth-order valence-electron chi connectivity index (χ4n) is 2.20. The van der Waals surface area contributed by atoms with Crippen molar-refractivity contribution in [2.75, 3.05) is 0 Å². The van der Waals surface area contributed by atoms with Crippen LogP contribution in [0.15, 0.2) is 70.9 Å². The number of nitrogens with zero attached hydrogens (tertiary/aromatic N) is 2. The third kappa shape index (κ3) is 2.52. The molecule has 3 aromatic carbocycles. The molecule has 0 spiro atoms. The van der Waals surface area contributed by atoms with Crippen LogP contribution in [0.1, 0.15) is 10.4 Å². The van der Waals surface area contributed by atoms with Gasteiger partial charge in [-0.2, -0.15) is 0 Å². The van der Waals surface area contributed by atoms with E-state index >= 15 is 0 Å². The average molecular weight is 292 g/mol. The highest BCUT2D eigenvalue weighted by molar-refractivity contribution is 5.96. The molecule has 3 rings (SSSR count). The molecule has 0 bridgehead atoms. The predicted octanol–water partition coefficient (Wildman–Crippen LogP) is 4.66. The minimum atomic E-state index is -1.05. The summed E-state index contributed by atoms with van der Waals surface area (Å²) >= 11 is 0. The third-order valence-electron chi connectivity index (χ3n) is 3.28. The first-order valence-corrected chi connectivity index (χ1v) is 6.61. The number of hydrogen-bond acceptors (Lipinski definition) is 4. The molecule has 5 nitrogen and oxygen atoms in total. The number of phenolic OH excluding ortho intramolecular Hbond substituents is 1. The van der Waals surface area contributed by atoms with E-state index in [1.165, 1.54) is 6.07 Å². The van der Waals surface area contributed by atoms with Crippen molar-refractivity contribution in [3.05, 3.63) is 66.2 Å². The number of carbonyl (C=O) groups is 1. The van der Waals surface area contributed by atoms with Crippen molar-refractivity contribution in [1.29, 1.82) is 0 Å². The molecule has 0 aliphatic rings. The summed E-state index contributed by atoms with van der Waals surface area (Å²) in [5, 5.41) is 28.6. The normalized spacial score (nSPS) is 11.1. The van der Waals surface area contributed by atoms with E-state index in [9.17, 15) is 9.90 Å². The summed E-state index contributed by atoms with van der Waals surface area (Å²) in [6.07, 6.45) is 0. The summed E-state index contributed by atoms with van der Waals surface area (Å²) in [4.78, 5) is 11.2. The van der Waals surface area contributed by atoms with Crippen LogP contribution < -0.4 is 0 Å². The molecule has 0 unspecified atom stereocenters. The van der Waals surface area contributed by atoms with Crippen molar-refractivity contribution in [1.82, 2.24) is 0 Å². The molecule has 0 radical (unpaired) electrons. The fourth-order valence-corrected chi connectivity index (χ4v) is 2.20. The van der Waals surface area contributed by atoms with Crippen molar-refractivity contribution in [3.63, 3.8) is 0 Å². The zero-order valence-electron chi connectivity index (χ0n) is 11.5. The summed E-state index contributed by atoms with van der Waals surface area (Å²) in [7, 11) is 0. The van der Waals surface area contributed by atoms with E-state index in [4.69, 9.17) is 5.11 Å². The van der Waals surface area contributed by atoms with Crippen molar-refractivity contribution in [2.45, 2.75) is 0 Å². The Hall–Kier alpha value is -3.21. The van der Waals surface area contributed by atoms with Crippen molar-refractivity contribution < 1.29 is 15.0 Å². The molecule has 0 aromatic heterocycles. The number of aromatic carboxylic acids is 1. The second kappa shape index (κ2) is 5.65. The summed E-state index contributed by atoms with van der Waals surface area (Å²) < 4.78 is 0. The first kappa shape index (κ1) is 13.8. The van der Waals surface area contributed by atoms with Crippen molar-refractivity contribution >= 4 is 28.1 Å². The molecular formula is C17H12N2O3. The topological polar surface area (TPSA) is 82.2 Å². The highest BCUT2D eigenvalue weighted by Crippen LogP contribution is 2.33. The van der Waals surface area contributed by atoms with E-state index in [2.05, 4.69) is 10.2 Å². The Morgan fingerprint density at radius 3 is 2.18 bits per heavy atom. The Morgan fingerprint density at radius 2 is 1.41 bits per heavy atom. The molecule has 0 saturated heterocycles. The van der Waals surface area contributed by atoms with Gasteiger partial charge in [-0.1, -0.05) is 36.4 Å². The van der Waals surface area contributed by atoms with Crippen LogP contribution in [-0.2, 0) is 0 Å². The lowest BCUT2D eigenvalue weighted by Gasteiger charge is -2.03. The molecule has 0 aliphatic heterocycles. The van der Waals surface area contributed by atoms with E-state index in [-0.39, 0.29) is 17.0 Å². The van der Waals surface area contributed by atoms with Gasteiger partial charge >= 0.3 is 5.97 Å². The quantitative estimate of drug-likeness (QED) is 0.689. The van der Waals surface area contributed by atoms with Gasteiger partial charge in [0.05, 0.1) is 11.3 Å². The molecule has 0 heterocycles. The van der Waals surface area contributed by atoms with Gasteiger partial charge in [0.25, 0.3) is 0 Å². The van der Waals surface area contributed by atoms with Crippen LogP contribution in [0.3, 0.4) is 0 Å². The zero-order chi connectivity index (χ0) is 15.5. The number of azo groups is 1. The summed E-state index contributed by atoms with van der Waals surface area (Å²) in [6.45, 7) is 0. The van der Waals surface area contributed by atoms with Crippen LogP contribution in [0.5, 0.6) is 5.75 Å². The van der Waals surface area contributed by atoms with Gasteiger partial charge in [-0.25, -0.2) is 4.79 Å². The van der Waals surface area contributed by atoms with Gasteiger partial charge in [0.2, 0.25) is 0 Å². The van der Waals surface area contributed by atoms with Crippen LogP contribution in [0.25, 0.3) is 10.8 Å². The van der Waals surface area contributed by atoms with Gasteiger partial charge in [-0.15, -0.1) is 10.2 Å². The van der Waals surface area contributed by atoms with Gasteiger partial charge in [-0.05, 0) is 24.3 Å². The van der Waals surface area contributed by atoms with E-state index in [1.807, 2.05) is 18.2 Å². The van der Waals surface area contributed by atoms with Crippen LogP contribution in [-0.4, -0.2) is 16.2 Å². The number of hydrogen-bond donors (Lipinski definition) is 2. The molecule has 0 fully saturated rings. The molecule has 0 aliphatic carbocycles. The average Bonchev–Trinajstić information content (AvgIpc) is 2.55. The summed E-state index contributed by atoms with van der Waals surface area (Å²) in [5.74, 6) is -0.884. The minimum absolute atomic E-state index is 0.0920. The summed E-state index contributed by atoms with van der Waals surface area (Å²) in [5.41, 5.74) is 0.940. The lowest BCUT2D eigenvalue weighted by molar-refractivity contribution is 0.0697. The highest BCUT2D eigenvalue weighted by Gasteiger charge is 2.09. The molecular weight excluding hydrogens is 280 g/mol. The Kier molecular flexibility index (Phi) is 3.53. The third-order valence-corrected chi connectivity index (χ3v) is 3.28. The van der Waals surface area contributed by atoms with Crippen LogP contribution >= 0.6 is 0 Å². The van der Waals surface area contributed by atoms with Gasteiger partial charge in [-0.3, -0.25) is 0 Å². The molecule has 0 amide bonds. The standard InChI is InChI=1S/C17H12N2O3/c20-16-10-9-15(11-5-1-2-6-12(11)16)19-18-14-8-4-3-7-13(14)17(21)22/h1-10,20H,(H,21,22)/b19-18+. The Balaban J connectivity index is 2.08. The van der Waals surface area contributed by atoms with E-state index in [0.29, 0.717) is 11.1 Å². The van der Waals surface area contributed by atoms with Crippen molar-refractivity contribution in [2.24, 2.45) is 10.2 Å². The maximum absolute atomic E-state index is 11.2. The second-order valence-electron chi connectivity index (χ2n) is 4.67. The van der Waals surface area contributed by atoms with Gasteiger partial charge < -0.3 is 10.2 Å². The smallest absolute Gasteiger partial charge is 0.337 e. The molecule has 22 heavy (non-hydrogen) atoms. The van der Waals surface area contributed by atoms with Gasteiger partial charge in [0, 0.05) is 10.8 Å². The first-order chi connectivity index (χ1) is 10.7. The molecule has 3 aromatic rings. The number of carboxylic acid groups (broad SMARTS) is 1. The fraction of sp³-hybridized carbons (Fsp3) is 0. The van der Waals surface area contributed by atoms with E-state index in [0.717, 1.165) is 5.39 Å². The lowest BCUT2D eigenvalue weighted by Crippen LogP contribution is -1.95. The SMILES string of the molecule is O=C(O)c1ccccc1/N=N/c1ccc(O)c2ccccc12. The van der Waals surface area contributed by atoms with E-state index in [1.54, 1.807) is 36.4 Å². The minimum Gasteiger partial charge on any atom is -0.507 e. The zero-order valence-corrected chi connectivity index (χ0v) is 11.5. The number of aromatic hydroxyl groups is 1. The highest BCUT2D eigenvalue weighted by atomic mass is 16.4. The summed E-state index contributed by atoms with van der Waals surface area (Å²) in [6, 6.07) is 16.9. The van der Waals surface area contributed by atoms with Crippen molar-refractivity contribution in [3.8, 4) is 5.75 Å². The van der Waals surface area contributed by atoms with Gasteiger partial charge in [0.15, 0.2) is 0 Å². The van der Waals surface area contributed by atoms with E-state index < -0.39 is 5.97 Å². The number of fused-ring (bicyclic) bond motifs is 1. The Bertz CT molecular complexity index is 888. The second-order valence-corrected chi connectivity index (χ2v) is 4.67. The monoisotopic (exact) mass is 292 g/mol. The lowest BCUT2D eigenvalue weighted by atomic mass is 10.1. The molecule has 0 atom stereocenters. The Morgan fingerprint density at radius 1 is 0.773 bits per heavy atom. The van der Waals surface area contributed by atoms with Crippen LogP contribution in [0.2, 0.25) is 0 Å². The first-order valence-electron chi connectivity index (χ1n) is 6.61. The number of rotatable bonds is 3. The number of phenols is 1. The van der Waals surface area contributed by atoms with Crippen LogP contribution in [0, 0.1) is 0 Å². The molecule has 0 saturated carbocycles. The molecule has 108 valence electrons. The maximum Gasteiger partial charge on any atom is 0.337 e. The van der Waals surface area contributed by atoms with Gasteiger partial charge in [0.1, 0.15) is 11.4 Å². The molecule has 2 N–H and O–H groups in total. The molecule has 5 heteroatoms. The maximum atomic E-state index is 11.2. The largest absolute Gasteiger partial charge is 0.507 e. The number of carboxylic acids is 1. The number of benzene rings is 3. The Labute approximate surface area is 126 Å².